The van der Waals surface area contributed by atoms with Gasteiger partial charge in [0.1, 0.15) is 5.60 Å². The van der Waals surface area contributed by atoms with Crippen LogP contribution in [-0.4, -0.2) is 69.7 Å². The number of aliphatic hydroxyl groups is 3. The second-order valence-electron chi connectivity index (χ2n) is 6.20. The van der Waals surface area contributed by atoms with Crippen molar-refractivity contribution in [2.24, 2.45) is 0 Å². The number of aliphatic carboxylic acids is 1. The highest BCUT2D eigenvalue weighted by Gasteiger charge is 2.48. The van der Waals surface area contributed by atoms with Crippen LogP contribution in [0.2, 0.25) is 0 Å². The molecule has 0 aromatic heterocycles. The molecule has 3 aliphatic carbocycles. The number of rotatable bonds is 4. The quantitative estimate of drug-likeness (QED) is 0.381. The van der Waals surface area contributed by atoms with Crippen molar-refractivity contribution in [3.8, 4) is 0 Å². The fourth-order valence-electron chi connectivity index (χ4n) is 1.56. The van der Waals surface area contributed by atoms with Gasteiger partial charge in [0, 0.05) is 13.6 Å². The molecule has 3 rings (SSSR count). The highest BCUT2D eigenvalue weighted by Crippen LogP contribution is 2.35. The zero-order valence-electron chi connectivity index (χ0n) is 13.5. The molecule has 1 amide bonds. The first-order valence-corrected chi connectivity index (χ1v) is 7.38. The number of halogens is 1. The number of amides is 1. The monoisotopic (exact) mass is 354 g/mol. The Balaban J connectivity index is 0.000000310. The summed E-state index contributed by atoms with van der Waals surface area (Å²) in [6, 6.07) is 0. The number of likely N-dealkylation sites (N-methyl/N-ethyl adjacent to an activating group) is 2. The van der Waals surface area contributed by atoms with Crippen LogP contribution < -0.4 is 10.6 Å². The summed E-state index contributed by atoms with van der Waals surface area (Å²) in [5.41, 5.74) is -2.64. The fourth-order valence-corrected chi connectivity index (χ4v) is 1.56. The molecule has 3 aliphatic rings. The molecule has 136 valence electrons. The highest BCUT2D eigenvalue weighted by atomic mass is 35.5. The average molecular weight is 355 g/mol. The molecule has 0 unspecified atom stereocenters. The largest absolute Gasteiger partial charge is 0.479 e. The van der Waals surface area contributed by atoms with Crippen LogP contribution >= 0.6 is 12.4 Å². The van der Waals surface area contributed by atoms with Gasteiger partial charge in [-0.3, -0.25) is 4.79 Å². The van der Waals surface area contributed by atoms with Crippen molar-refractivity contribution in [2.45, 2.75) is 55.3 Å². The van der Waals surface area contributed by atoms with Crippen LogP contribution in [0.15, 0.2) is 0 Å². The molecule has 0 radical (unpaired) electrons. The summed E-state index contributed by atoms with van der Waals surface area (Å²) in [4.78, 5) is 20.4. The topological polar surface area (TPSA) is 139 Å². The molecular weight excluding hydrogens is 328 g/mol. The third kappa shape index (κ3) is 7.45. The zero-order chi connectivity index (χ0) is 17.0. The minimum atomic E-state index is -1.33. The van der Waals surface area contributed by atoms with Gasteiger partial charge in [-0.1, -0.05) is 0 Å². The van der Waals surface area contributed by atoms with E-state index in [1.165, 1.54) is 7.05 Å². The summed E-state index contributed by atoms with van der Waals surface area (Å²) in [5.74, 6) is -1.34. The third-order valence-electron chi connectivity index (χ3n) is 3.83. The van der Waals surface area contributed by atoms with E-state index in [1.54, 1.807) is 0 Å². The van der Waals surface area contributed by atoms with Crippen molar-refractivity contribution < 1.29 is 30.0 Å². The summed E-state index contributed by atoms with van der Waals surface area (Å²) >= 11 is 0. The first-order valence-electron chi connectivity index (χ1n) is 7.38. The van der Waals surface area contributed by atoms with Gasteiger partial charge in [0.05, 0.1) is 5.60 Å². The van der Waals surface area contributed by atoms with Crippen LogP contribution in [0.25, 0.3) is 0 Å². The second-order valence-corrected chi connectivity index (χ2v) is 6.20. The normalized spacial score (nSPS) is 22.7. The van der Waals surface area contributed by atoms with Crippen LogP contribution in [0.3, 0.4) is 0 Å². The van der Waals surface area contributed by atoms with Gasteiger partial charge >= 0.3 is 5.97 Å². The van der Waals surface area contributed by atoms with Crippen molar-refractivity contribution in [1.29, 1.82) is 0 Å². The molecular formula is C14H27ClN2O6. The lowest BCUT2D eigenvalue weighted by Crippen LogP contribution is -2.33. The molecule has 0 spiro atoms. The number of hydrogen-bond donors (Lipinski definition) is 6. The molecule has 0 aromatic carbocycles. The smallest absolute Gasteiger partial charge is 0.335 e. The molecule has 0 atom stereocenters. The predicted molar refractivity (Wildman–Crippen MR) is 85.4 cm³/mol. The van der Waals surface area contributed by atoms with E-state index in [0.29, 0.717) is 25.7 Å². The molecule has 6 N–H and O–H groups in total. The number of nitrogens with one attached hydrogen (secondary N) is 2. The van der Waals surface area contributed by atoms with Crippen LogP contribution in [0.1, 0.15) is 38.5 Å². The summed E-state index contributed by atoms with van der Waals surface area (Å²) < 4.78 is 0. The van der Waals surface area contributed by atoms with Gasteiger partial charge in [-0.05, 0) is 45.6 Å². The number of carbonyl (C=O) groups excluding carboxylic acids is 1. The van der Waals surface area contributed by atoms with E-state index < -0.39 is 17.2 Å². The first kappa shape index (κ1) is 22.1. The molecule has 0 bridgehead atoms. The molecule has 0 saturated heterocycles. The summed E-state index contributed by atoms with van der Waals surface area (Å²) in [5, 5.41) is 40.0. The highest BCUT2D eigenvalue weighted by molar-refractivity contribution is 5.87. The van der Waals surface area contributed by atoms with Gasteiger partial charge in [-0.15, -0.1) is 12.4 Å². The number of carboxylic acids is 1. The van der Waals surface area contributed by atoms with E-state index >= 15 is 0 Å². The van der Waals surface area contributed by atoms with Crippen LogP contribution in [0.4, 0.5) is 0 Å². The first-order chi connectivity index (χ1) is 10.1. The van der Waals surface area contributed by atoms with E-state index in [9.17, 15) is 9.59 Å². The van der Waals surface area contributed by atoms with Gasteiger partial charge in [-0.25, -0.2) is 4.79 Å². The Bertz CT molecular complexity index is 419. The second kappa shape index (κ2) is 8.25. The SMILES string of the molecule is CNC(=O)C1(O)CC1.CNCC1(O)CC1.Cl.O=C(O)C1(O)CC1. The van der Waals surface area contributed by atoms with Crippen LogP contribution in [-0.2, 0) is 9.59 Å². The van der Waals surface area contributed by atoms with E-state index in [1.807, 2.05) is 7.05 Å². The van der Waals surface area contributed by atoms with Gasteiger partial charge in [-0.2, -0.15) is 0 Å². The lowest BCUT2D eigenvalue weighted by molar-refractivity contribution is -0.149. The molecule has 23 heavy (non-hydrogen) atoms. The lowest BCUT2D eigenvalue weighted by atomic mass is 10.3. The minimum absolute atomic E-state index is 0. The number of hydrogen-bond acceptors (Lipinski definition) is 6. The van der Waals surface area contributed by atoms with Gasteiger partial charge in [0.2, 0.25) is 0 Å². The standard InChI is InChI=1S/C5H9NO2.C5H11NO.C4H6O3.ClH/c1-6-4(7)5(8)2-3-5;1-6-4-5(7)2-3-5;5-3(6)4(7)1-2-4;/h8H,2-3H2,1H3,(H,6,7);6-7H,2-4H2,1H3;7H,1-2H2,(H,5,6);1H. The summed E-state index contributed by atoms with van der Waals surface area (Å²) in [6.45, 7) is 0.757. The van der Waals surface area contributed by atoms with Crippen LogP contribution in [0, 0.1) is 0 Å². The maximum atomic E-state index is 10.5. The van der Waals surface area contributed by atoms with Gasteiger partial charge in [0.15, 0.2) is 5.60 Å². The Labute approximate surface area is 141 Å². The Morgan fingerprint density at radius 3 is 1.43 bits per heavy atom. The fraction of sp³-hybridized carbons (Fsp3) is 0.857. The van der Waals surface area contributed by atoms with Gasteiger partial charge < -0.3 is 31.1 Å². The van der Waals surface area contributed by atoms with E-state index in [2.05, 4.69) is 10.6 Å². The zero-order valence-corrected chi connectivity index (χ0v) is 14.3. The predicted octanol–water partition coefficient (Wildman–Crippen LogP) is -0.994. The van der Waals surface area contributed by atoms with Gasteiger partial charge in [0.25, 0.3) is 5.91 Å². The Morgan fingerprint density at radius 1 is 0.913 bits per heavy atom. The van der Waals surface area contributed by atoms with Crippen molar-refractivity contribution in [3.05, 3.63) is 0 Å². The van der Waals surface area contributed by atoms with E-state index in [0.717, 1.165) is 19.4 Å². The van der Waals surface area contributed by atoms with Crippen molar-refractivity contribution in [3.63, 3.8) is 0 Å². The minimum Gasteiger partial charge on any atom is -0.479 e. The average Bonchev–Trinajstić information content (AvgIpc) is 3.35. The molecule has 0 aliphatic heterocycles. The molecule has 8 nitrogen and oxygen atoms in total. The summed E-state index contributed by atoms with van der Waals surface area (Å²) in [7, 11) is 3.38. The Hall–Kier alpha value is -0.930. The van der Waals surface area contributed by atoms with Crippen molar-refractivity contribution >= 4 is 24.3 Å². The third-order valence-corrected chi connectivity index (χ3v) is 3.83. The van der Waals surface area contributed by atoms with Crippen molar-refractivity contribution in [2.75, 3.05) is 20.6 Å². The Kier molecular flexibility index (Phi) is 7.92. The Morgan fingerprint density at radius 2 is 1.35 bits per heavy atom. The molecule has 0 heterocycles. The number of carbonyl (C=O) groups is 2. The van der Waals surface area contributed by atoms with Crippen molar-refractivity contribution in [1.82, 2.24) is 10.6 Å². The molecule has 3 fully saturated rings. The molecule has 3 saturated carbocycles. The maximum absolute atomic E-state index is 10.5. The molecule has 9 heteroatoms. The summed E-state index contributed by atoms with van der Waals surface area (Å²) in [6.07, 6.45) is 4.03. The number of carboxylic acid groups (broad SMARTS) is 1. The maximum Gasteiger partial charge on any atom is 0.335 e. The van der Waals surface area contributed by atoms with E-state index in [4.69, 9.17) is 20.4 Å². The van der Waals surface area contributed by atoms with Crippen LogP contribution in [0.5, 0.6) is 0 Å². The lowest BCUT2D eigenvalue weighted by Gasteiger charge is -2.02. The van der Waals surface area contributed by atoms with E-state index in [-0.39, 0.29) is 23.9 Å². The molecule has 0 aromatic rings.